The van der Waals surface area contributed by atoms with Crippen molar-refractivity contribution in [2.75, 3.05) is 26.8 Å². The van der Waals surface area contributed by atoms with Gasteiger partial charge in [0.2, 0.25) is 0 Å². The summed E-state index contributed by atoms with van der Waals surface area (Å²) in [5.41, 5.74) is 1.14. The van der Waals surface area contributed by atoms with Crippen molar-refractivity contribution in [2.45, 2.75) is 31.9 Å². The van der Waals surface area contributed by atoms with Gasteiger partial charge in [0.1, 0.15) is 17.6 Å². The maximum Gasteiger partial charge on any atom is 0.191 e. The van der Waals surface area contributed by atoms with Gasteiger partial charge >= 0.3 is 0 Å². The molecule has 0 saturated heterocycles. The van der Waals surface area contributed by atoms with Gasteiger partial charge in [0.05, 0.1) is 32.6 Å². The second-order valence-electron chi connectivity index (χ2n) is 7.90. The highest BCUT2D eigenvalue weighted by atomic mass is 16.5. The fraction of sp³-hybridized carbons (Fsp3) is 0.346. The molecule has 2 heterocycles. The highest BCUT2D eigenvalue weighted by molar-refractivity contribution is 5.80. The second kappa shape index (κ2) is 11.3. The van der Waals surface area contributed by atoms with Gasteiger partial charge in [0.25, 0.3) is 0 Å². The summed E-state index contributed by atoms with van der Waals surface area (Å²) < 4.78 is 22.7. The summed E-state index contributed by atoms with van der Waals surface area (Å²) in [5, 5.41) is 7.02. The van der Waals surface area contributed by atoms with E-state index in [2.05, 4.69) is 16.7 Å². The van der Waals surface area contributed by atoms with E-state index in [1.165, 1.54) is 0 Å². The molecule has 0 bridgehead atoms. The Labute approximate surface area is 194 Å². The molecule has 0 amide bonds. The van der Waals surface area contributed by atoms with E-state index >= 15 is 0 Å². The molecule has 1 aliphatic rings. The summed E-state index contributed by atoms with van der Waals surface area (Å²) >= 11 is 0. The maximum atomic E-state index is 6.07. The number of fused-ring (bicyclic) bond motifs is 1. The van der Waals surface area contributed by atoms with E-state index in [0.29, 0.717) is 31.2 Å². The van der Waals surface area contributed by atoms with Crippen molar-refractivity contribution in [3.05, 3.63) is 78.3 Å². The summed E-state index contributed by atoms with van der Waals surface area (Å²) in [4.78, 5) is 4.82. The Balaban J connectivity index is 1.43. The summed E-state index contributed by atoms with van der Waals surface area (Å²) in [6.07, 6.45) is 3.19. The fourth-order valence-electron chi connectivity index (χ4n) is 3.76. The lowest BCUT2D eigenvalue weighted by atomic mass is 10.0. The molecule has 0 radical (unpaired) electrons. The topological polar surface area (TPSA) is 77.2 Å². The number of guanidine groups is 1. The van der Waals surface area contributed by atoms with E-state index in [1.54, 1.807) is 13.4 Å². The number of ether oxygens (including phenoxy) is 3. The first kappa shape index (κ1) is 22.6. The largest absolute Gasteiger partial charge is 0.493 e. The zero-order valence-electron chi connectivity index (χ0n) is 19.1. The monoisotopic (exact) mass is 449 g/mol. The molecule has 2 unspecified atom stereocenters. The number of methoxy groups -OCH3 is 1. The van der Waals surface area contributed by atoms with Gasteiger partial charge in [-0.3, -0.25) is 0 Å². The molecule has 1 aliphatic heterocycles. The number of hydrogen-bond donors (Lipinski definition) is 2. The Hall–Kier alpha value is -3.61. The lowest BCUT2D eigenvalue weighted by molar-refractivity contribution is 0.219. The molecule has 3 aromatic rings. The number of hydrogen-bond acceptors (Lipinski definition) is 5. The van der Waals surface area contributed by atoms with E-state index in [4.69, 9.17) is 23.6 Å². The van der Waals surface area contributed by atoms with Crippen LogP contribution in [0.1, 0.15) is 30.7 Å². The van der Waals surface area contributed by atoms with Gasteiger partial charge in [0, 0.05) is 24.9 Å². The van der Waals surface area contributed by atoms with Crippen molar-refractivity contribution in [3.8, 4) is 17.2 Å². The number of furan rings is 1. The van der Waals surface area contributed by atoms with Gasteiger partial charge < -0.3 is 29.3 Å². The first-order valence-corrected chi connectivity index (χ1v) is 11.3. The lowest BCUT2D eigenvalue weighted by Gasteiger charge is -2.28. The van der Waals surface area contributed by atoms with Crippen LogP contribution in [0.15, 0.2) is 76.3 Å². The summed E-state index contributed by atoms with van der Waals surface area (Å²) in [7, 11) is 1.64. The molecule has 33 heavy (non-hydrogen) atoms. The van der Waals surface area contributed by atoms with Crippen molar-refractivity contribution in [2.24, 2.45) is 4.99 Å². The van der Waals surface area contributed by atoms with Crippen molar-refractivity contribution in [3.63, 3.8) is 0 Å². The molecule has 7 heteroatoms. The predicted molar refractivity (Wildman–Crippen MR) is 128 cm³/mol. The van der Waals surface area contributed by atoms with E-state index in [0.717, 1.165) is 35.9 Å². The molecule has 4 rings (SSSR count). The number of aliphatic imine (C=N–C) groups is 1. The Morgan fingerprint density at radius 1 is 1.09 bits per heavy atom. The highest BCUT2D eigenvalue weighted by Crippen LogP contribution is 2.31. The summed E-state index contributed by atoms with van der Waals surface area (Å²) in [6.45, 7) is 3.85. The van der Waals surface area contributed by atoms with Crippen LogP contribution in [0.2, 0.25) is 0 Å². The number of nitrogens with zero attached hydrogens (tertiary/aromatic N) is 1. The van der Waals surface area contributed by atoms with Crippen LogP contribution in [0.4, 0.5) is 0 Å². The molecule has 0 saturated carbocycles. The van der Waals surface area contributed by atoms with Gasteiger partial charge in [-0.15, -0.1) is 0 Å². The average Bonchev–Trinajstić information content (AvgIpc) is 3.36. The molecule has 7 nitrogen and oxygen atoms in total. The number of benzene rings is 2. The van der Waals surface area contributed by atoms with Gasteiger partial charge in [-0.25, -0.2) is 4.99 Å². The van der Waals surface area contributed by atoms with Crippen molar-refractivity contribution < 1.29 is 18.6 Å². The second-order valence-corrected chi connectivity index (χ2v) is 7.90. The molecular weight excluding hydrogens is 418 g/mol. The summed E-state index contributed by atoms with van der Waals surface area (Å²) in [5.74, 6) is 4.01. The van der Waals surface area contributed by atoms with Crippen molar-refractivity contribution in [1.29, 1.82) is 0 Å². The molecule has 2 N–H and O–H groups in total. The van der Waals surface area contributed by atoms with Crippen LogP contribution < -0.4 is 24.8 Å². The Morgan fingerprint density at radius 3 is 2.73 bits per heavy atom. The maximum absolute atomic E-state index is 6.07. The van der Waals surface area contributed by atoms with Crippen LogP contribution >= 0.6 is 0 Å². The summed E-state index contributed by atoms with van der Waals surface area (Å²) in [6, 6.07) is 19.8. The molecule has 0 fully saturated rings. The number of para-hydroxylation sites is 3. The van der Waals surface area contributed by atoms with Crippen LogP contribution in [-0.4, -0.2) is 38.9 Å². The quantitative estimate of drug-likeness (QED) is 0.373. The molecular formula is C26H31N3O4. The Morgan fingerprint density at radius 2 is 1.91 bits per heavy atom. The zero-order valence-corrected chi connectivity index (χ0v) is 19.1. The molecule has 2 atom stereocenters. The van der Waals surface area contributed by atoms with Gasteiger partial charge in [-0.2, -0.15) is 0 Å². The van der Waals surface area contributed by atoms with E-state index in [1.807, 2.05) is 61.5 Å². The minimum Gasteiger partial charge on any atom is -0.493 e. The molecule has 0 spiro atoms. The molecule has 174 valence electrons. The number of nitrogens with one attached hydrogen (secondary N) is 2. The minimum absolute atomic E-state index is 0.121. The van der Waals surface area contributed by atoms with Crippen LogP contribution in [0.3, 0.4) is 0 Å². The molecule has 2 aromatic carbocycles. The van der Waals surface area contributed by atoms with Crippen molar-refractivity contribution in [1.82, 2.24) is 10.6 Å². The highest BCUT2D eigenvalue weighted by Gasteiger charge is 2.22. The van der Waals surface area contributed by atoms with Gasteiger partial charge in [0.15, 0.2) is 17.5 Å². The normalized spacial score (nSPS) is 16.3. The first-order valence-electron chi connectivity index (χ1n) is 11.3. The Kier molecular flexibility index (Phi) is 7.74. The van der Waals surface area contributed by atoms with Crippen LogP contribution in [-0.2, 0) is 6.42 Å². The molecule has 0 aliphatic carbocycles. The van der Waals surface area contributed by atoms with E-state index < -0.39 is 0 Å². The first-order chi connectivity index (χ1) is 16.2. The smallest absolute Gasteiger partial charge is 0.191 e. The van der Waals surface area contributed by atoms with Crippen LogP contribution in [0.25, 0.3) is 0 Å². The third kappa shape index (κ3) is 6.22. The standard InChI is InChI=1S/C26H31N3O4/c1-19(33-25-12-6-5-11-24(25)30-2)18-28-26(27-15-13-20-8-7-16-31-20)29-22-14-17-32-23-10-4-3-9-21(22)23/h3-12,16,19,22H,13-15,17-18H2,1-2H3,(H2,27,28,29). The predicted octanol–water partition coefficient (Wildman–Crippen LogP) is 4.36. The third-order valence-corrected chi connectivity index (χ3v) is 5.42. The lowest BCUT2D eigenvalue weighted by Crippen LogP contribution is -2.42. The Bertz CT molecular complexity index is 1040. The SMILES string of the molecule is COc1ccccc1OC(C)CN=C(NCCc1ccco1)NC1CCOc2ccccc21. The third-order valence-electron chi connectivity index (χ3n) is 5.42. The number of rotatable bonds is 9. The van der Waals surface area contributed by atoms with Gasteiger partial charge in [-0.05, 0) is 37.3 Å². The fourth-order valence-corrected chi connectivity index (χ4v) is 3.76. The minimum atomic E-state index is -0.132. The van der Waals surface area contributed by atoms with Crippen molar-refractivity contribution >= 4 is 5.96 Å². The zero-order chi connectivity index (χ0) is 22.9. The van der Waals surface area contributed by atoms with Crippen LogP contribution in [0, 0.1) is 0 Å². The van der Waals surface area contributed by atoms with Crippen LogP contribution in [0.5, 0.6) is 17.2 Å². The average molecular weight is 450 g/mol. The molecule has 1 aromatic heterocycles. The van der Waals surface area contributed by atoms with Gasteiger partial charge in [-0.1, -0.05) is 30.3 Å². The van der Waals surface area contributed by atoms with E-state index in [9.17, 15) is 0 Å². The van der Waals surface area contributed by atoms with E-state index in [-0.39, 0.29) is 12.1 Å².